The minimum Gasteiger partial charge on any atom is -0.461 e. The number of hydrogen-bond donors (Lipinski definition) is 0. The molecule has 0 amide bonds. The summed E-state index contributed by atoms with van der Waals surface area (Å²) in [6.07, 6.45) is 4.70. The van der Waals surface area contributed by atoms with Crippen LogP contribution in [0.5, 0.6) is 0 Å². The van der Waals surface area contributed by atoms with Gasteiger partial charge in [0.1, 0.15) is 0 Å². The number of furan rings is 1. The molecule has 2 aromatic heterocycles. The third-order valence-electron chi connectivity index (χ3n) is 2.03. The molecule has 0 bridgehead atoms. The molecule has 0 aliphatic heterocycles. The highest BCUT2D eigenvalue weighted by Crippen LogP contribution is 2.12. The van der Waals surface area contributed by atoms with Crippen LogP contribution in [0.4, 0.5) is 0 Å². The Morgan fingerprint density at radius 3 is 2.93 bits per heavy atom. The standard InChI is InChI=1S/C11H9NO2/c1-8-4-5-12-7-9(8)11(13)10-3-2-6-14-10/h2-7H,1H3. The first-order valence-electron chi connectivity index (χ1n) is 4.28. The summed E-state index contributed by atoms with van der Waals surface area (Å²) in [7, 11) is 0. The van der Waals surface area contributed by atoms with Crippen molar-refractivity contribution in [2.24, 2.45) is 0 Å². The predicted octanol–water partition coefficient (Wildman–Crippen LogP) is 2.21. The van der Waals surface area contributed by atoms with Gasteiger partial charge in [0.25, 0.3) is 0 Å². The summed E-state index contributed by atoms with van der Waals surface area (Å²) in [5.74, 6) is 0.224. The van der Waals surface area contributed by atoms with Crippen LogP contribution in [0.2, 0.25) is 0 Å². The average Bonchev–Trinajstić information content (AvgIpc) is 2.70. The largest absolute Gasteiger partial charge is 0.461 e. The fraction of sp³-hybridized carbons (Fsp3) is 0.0909. The molecule has 2 heterocycles. The summed E-state index contributed by atoms with van der Waals surface area (Å²) in [4.78, 5) is 15.7. The van der Waals surface area contributed by atoms with E-state index >= 15 is 0 Å². The molecule has 0 spiro atoms. The molecule has 0 saturated heterocycles. The molecule has 0 aliphatic carbocycles. The van der Waals surface area contributed by atoms with Crippen LogP contribution in [0.1, 0.15) is 21.7 Å². The number of aromatic nitrogens is 1. The smallest absolute Gasteiger partial charge is 0.229 e. The average molecular weight is 187 g/mol. The monoisotopic (exact) mass is 187 g/mol. The van der Waals surface area contributed by atoms with Crippen molar-refractivity contribution in [2.45, 2.75) is 6.92 Å². The highest BCUT2D eigenvalue weighted by atomic mass is 16.3. The lowest BCUT2D eigenvalue weighted by molar-refractivity contribution is 0.101. The number of carbonyl (C=O) groups excluding carboxylic acids is 1. The molecule has 0 N–H and O–H groups in total. The van der Waals surface area contributed by atoms with Gasteiger partial charge in [-0.05, 0) is 30.7 Å². The Kier molecular flexibility index (Phi) is 2.14. The molecule has 0 saturated carbocycles. The van der Waals surface area contributed by atoms with E-state index in [-0.39, 0.29) is 5.78 Å². The van der Waals surface area contributed by atoms with E-state index in [4.69, 9.17) is 4.42 Å². The third-order valence-corrected chi connectivity index (χ3v) is 2.03. The van der Waals surface area contributed by atoms with E-state index in [2.05, 4.69) is 4.98 Å². The van der Waals surface area contributed by atoms with E-state index in [0.717, 1.165) is 5.56 Å². The number of pyridine rings is 1. The molecule has 2 aromatic rings. The van der Waals surface area contributed by atoms with Gasteiger partial charge in [0.15, 0.2) is 5.76 Å². The Morgan fingerprint density at radius 1 is 1.43 bits per heavy atom. The Labute approximate surface area is 81.4 Å². The van der Waals surface area contributed by atoms with Crippen molar-refractivity contribution in [3.05, 3.63) is 53.7 Å². The molecule has 3 heteroatoms. The quantitative estimate of drug-likeness (QED) is 0.677. The van der Waals surface area contributed by atoms with E-state index < -0.39 is 0 Å². The number of hydrogen-bond acceptors (Lipinski definition) is 3. The van der Waals surface area contributed by atoms with Crippen LogP contribution in [-0.2, 0) is 0 Å². The molecule has 70 valence electrons. The van der Waals surface area contributed by atoms with Crippen LogP contribution in [0.3, 0.4) is 0 Å². The number of rotatable bonds is 2. The first kappa shape index (κ1) is 8.69. The van der Waals surface area contributed by atoms with E-state index in [1.165, 1.54) is 6.26 Å². The SMILES string of the molecule is Cc1ccncc1C(=O)c1ccco1. The van der Waals surface area contributed by atoms with Gasteiger partial charge < -0.3 is 4.42 Å². The van der Waals surface area contributed by atoms with Gasteiger partial charge >= 0.3 is 0 Å². The Balaban J connectivity index is 2.42. The molecular weight excluding hydrogens is 178 g/mol. The molecule has 0 atom stereocenters. The number of ketones is 1. The van der Waals surface area contributed by atoms with Crippen molar-refractivity contribution in [2.75, 3.05) is 0 Å². The van der Waals surface area contributed by atoms with Gasteiger partial charge in [-0.25, -0.2) is 0 Å². The normalized spacial score (nSPS) is 10.1. The summed E-state index contributed by atoms with van der Waals surface area (Å²) in [5, 5.41) is 0. The molecule has 14 heavy (non-hydrogen) atoms. The third kappa shape index (κ3) is 1.44. The lowest BCUT2D eigenvalue weighted by atomic mass is 10.1. The minimum atomic E-state index is -0.124. The molecule has 0 fully saturated rings. The zero-order valence-corrected chi connectivity index (χ0v) is 7.73. The molecule has 0 unspecified atom stereocenters. The van der Waals surface area contributed by atoms with Crippen molar-refractivity contribution in [3.63, 3.8) is 0 Å². The first-order valence-corrected chi connectivity index (χ1v) is 4.28. The lowest BCUT2D eigenvalue weighted by Gasteiger charge is -2.00. The fourth-order valence-corrected chi connectivity index (χ4v) is 1.24. The van der Waals surface area contributed by atoms with Gasteiger partial charge in [0.2, 0.25) is 5.78 Å². The van der Waals surface area contributed by atoms with E-state index in [1.54, 1.807) is 30.6 Å². The maximum atomic E-state index is 11.8. The van der Waals surface area contributed by atoms with Gasteiger partial charge in [-0.15, -0.1) is 0 Å². The second kappa shape index (κ2) is 3.46. The van der Waals surface area contributed by atoms with Crippen LogP contribution < -0.4 is 0 Å². The Hall–Kier alpha value is -1.90. The van der Waals surface area contributed by atoms with E-state index in [0.29, 0.717) is 11.3 Å². The molecular formula is C11H9NO2. The molecule has 3 nitrogen and oxygen atoms in total. The van der Waals surface area contributed by atoms with Crippen molar-refractivity contribution < 1.29 is 9.21 Å². The van der Waals surface area contributed by atoms with Crippen LogP contribution in [0.25, 0.3) is 0 Å². The van der Waals surface area contributed by atoms with Crippen molar-refractivity contribution >= 4 is 5.78 Å². The molecule has 2 rings (SSSR count). The van der Waals surface area contributed by atoms with E-state index in [9.17, 15) is 4.79 Å². The highest BCUT2D eigenvalue weighted by Gasteiger charge is 2.13. The molecule has 0 aromatic carbocycles. The summed E-state index contributed by atoms with van der Waals surface area (Å²) in [6.45, 7) is 1.87. The van der Waals surface area contributed by atoms with E-state index in [1.807, 2.05) is 6.92 Å². The summed E-state index contributed by atoms with van der Waals surface area (Å²) < 4.78 is 5.03. The zero-order chi connectivity index (χ0) is 9.97. The topological polar surface area (TPSA) is 43.1 Å². The lowest BCUT2D eigenvalue weighted by Crippen LogP contribution is -2.02. The first-order chi connectivity index (χ1) is 6.79. The van der Waals surface area contributed by atoms with Crippen molar-refractivity contribution in [1.82, 2.24) is 4.98 Å². The number of carbonyl (C=O) groups is 1. The molecule has 0 aliphatic rings. The van der Waals surface area contributed by atoms with Crippen LogP contribution in [-0.4, -0.2) is 10.8 Å². The van der Waals surface area contributed by atoms with Crippen LogP contribution in [0.15, 0.2) is 41.3 Å². The minimum absolute atomic E-state index is 0.124. The van der Waals surface area contributed by atoms with Gasteiger partial charge in [-0.3, -0.25) is 9.78 Å². The van der Waals surface area contributed by atoms with Crippen molar-refractivity contribution in [1.29, 1.82) is 0 Å². The second-order valence-corrected chi connectivity index (χ2v) is 3.00. The maximum absolute atomic E-state index is 11.8. The number of nitrogens with zero attached hydrogens (tertiary/aromatic N) is 1. The van der Waals surface area contributed by atoms with Crippen LogP contribution >= 0.6 is 0 Å². The van der Waals surface area contributed by atoms with Gasteiger partial charge in [0.05, 0.1) is 6.26 Å². The van der Waals surface area contributed by atoms with Crippen LogP contribution in [0, 0.1) is 6.92 Å². The highest BCUT2D eigenvalue weighted by molar-refractivity contribution is 6.07. The molecule has 0 radical (unpaired) electrons. The van der Waals surface area contributed by atoms with Gasteiger partial charge in [0, 0.05) is 18.0 Å². The summed E-state index contributed by atoms with van der Waals surface area (Å²) in [6, 6.07) is 5.14. The predicted molar refractivity (Wildman–Crippen MR) is 51.1 cm³/mol. The maximum Gasteiger partial charge on any atom is 0.229 e. The van der Waals surface area contributed by atoms with Crippen molar-refractivity contribution in [3.8, 4) is 0 Å². The van der Waals surface area contributed by atoms with Gasteiger partial charge in [-0.1, -0.05) is 0 Å². The second-order valence-electron chi connectivity index (χ2n) is 3.00. The van der Waals surface area contributed by atoms with Gasteiger partial charge in [-0.2, -0.15) is 0 Å². The summed E-state index contributed by atoms with van der Waals surface area (Å²) >= 11 is 0. The zero-order valence-electron chi connectivity index (χ0n) is 7.73. The fourth-order valence-electron chi connectivity index (χ4n) is 1.24. The Morgan fingerprint density at radius 2 is 2.29 bits per heavy atom. The summed E-state index contributed by atoms with van der Waals surface area (Å²) in [5.41, 5.74) is 1.49. The number of aryl methyl sites for hydroxylation is 1. The Bertz CT molecular complexity index is 446.